The smallest absolute Gasteiger partial charge is 0.0962 e. The van der Waals surface area contributed by atoms with E-state index < -0.39 is 6.10 Å². The fourth-order valence-corrected chi connectivity index (χ4v) is 4.66. The monoisotopic (exact) mass is 339 g/mol. The van der Waals surface area contributed by atoms with E-state index in [0.717, 1.165) is 32.5 Å². The molecule has 1 fully saturated rings. The number of nitrogens with one attached hydrogen (secondary N) is 1. The molecule has 1 aromatic heterocycles. The minimum atomic E-state index is -0.394. The van der Waals surface area contributed by atoms with E-state index in [4.69, 9.17) is 0 Å². The van der Waals surface area contributed by atoms with Gasteiger partial charge in [-0.25, -0.2) is 0 Å². The number of rotatable bonds is 2. The first kappa shape index (κ1) is 11.1. The molecule has 0 aliphatic carbocycles. The molecule has 78 valence electrons. The van der Waals surface area contributed by atoms with Gasteiger partial charge in [0.1, 0.15) is 0 Å². The standard InChI is InChI=1S/C9H11Br2NOS/c10-7-4-5(9(11)14-7)8(13)6-2-1-3-12-6/h4,6,8,12-13H,1-3H2. The molecule has 2 heterocycles. The van der Waals surface area contributed by atoms with E-state index in [-0.39, 0.29) is 6.04 Å². The van der Waals surface area contributed by atoms with Crippen LogP contribution in [-0.2, 0) is 0 Å². The van der Waals surface area contributed by atoms with E-state index in [2.05, 4.69) is 37.2 Å². The predicted molar refractivity (Wildman–Crippen MR) is 65.7 cm³/mol. The molecule has 5 heteroatoms. The van der Waals surface area contributed by atoms with E-state index in [1.54, 1.807) is 11.3 Å². The average Bonchev–Trinajstić information content (AvgIpc) is 2.73. The van der Waals surface area contributed by atoms with Crippen molar-refractivity contribution in [3.63, 3.8) is 0 Å². The first-order chi connectivity index (χ1) is 6.68. The van der Waals surface area contributed by atoms with Gasteiger partial charge in [0.15, 0.2) is 0 Å². The first-order valence-electron chi connectivity index (χ1n) is 4.54. The van der Waals surface area contributed by atoms with Crippen molar-refractivity contribution in [1.82, 2.24) is 5.32 Å². The lowest BCUT2D eigenvalue weighted by molar-refractivity contribution is 0.137. The Morgan fingerprint density at radius 3 is 2.86 bits per heavy atom. The molecule has 1 aromatic rings. The average molecular weight is 341 g/mol. The molecule has 0 radical (unpaired) electrons. The van der Waals surface area contributed by atoms with Crippen LogP contribution in [0.25, 0.3) is 0 Å². The summed E-state index contributed by atoms with van der Waals surface area (Å²) in [6.07, 6.45) is 1.82. The zero-order valence-electron chi connectivity index (χ0n) is 7.46. The van der Waals surface area contributed by atoms with Gasteiger partial charge < -0.3 is 10.4 Å². The second-order valence-corrected chi connectivity index (χ2v) is 7.18. The van der Waals surface area contributed by atoms with Gasteiger partial charge in [-0.1, -0.05) is 0 Å². The van der Waals surface area contributed by atoms with Crippen molar-refractivity contribution in [3.05, 3.63) is 19.2 Å². The van der Waals surface area contributed by atoms with Crippen LogP contribution in [0.15, 0.2) is 13.6 Å². The Balaban J connectivity index is 2.17. The van der Waals surface area contributed by atoms with Gasteiger partial charge in [0, 0.05) is 11.6 Å². The largest absolute Gasteiger partial charge is 0.387 e. The number of aliphatic hydroxyl groups excluding tert-OH is 1. The fourth-order valence-electron chi connectivity index (χ4n) is 1.75. The van der Waals surface area contributed by atoms with Gasteiger partial charge >= 0.3 is 0 Å². The third-order valence-corrected chi connectivity index (χ3v) is 4.87. The first-order valence-corrected chi connectivity index (χ1v) is 6.95. The lowest BCUT2D eigenvalue weighted by Gasteiger charge is -2.17. The molecule has 0 aromatic carbocycles. The Labute approximate surface area is 104 Å². The zero-order chi connectivity index (χ0) is 10.1. The summed E-state index contributed by atoms with van der Waals surface area (Å²) in [6.45, 7) is 1.02. The van der Waals surface area contributed by atoms with E-state index in [1.807, 2.05) is 6.07 Å². The molecular formula is C9H11Br2NOS. The van der Waals surface area contributed by atoms with Crippen molar-refractivity contribution in [3.8, 4) is 0 Å². The molecule has 1 aliphatic heterocycles. The van der Waals surface area contributed by atoms with Gasteiger partial charge in [0.25, 0.3) is 0 Å². The highest BCUT2D eigenvalue weighted by Crippen LogP contribution is 2.37. The summed E-state index contributed by atoms with van der Waals surface area (Å²) < 4.78 is 2.07. The fraction of sp³-hybridized carbons (Fsp3) is 0.556. The van der Waals surface area contributed by atoms with Crippen molar-refractivity contribution < 1.29 is 5.11 Å². The minimum absolute atomic E-state index is 0.216. The Morgan fingerprint density at radius 2 is 2.36 bits per heavy atom. The minimum Gasteiger partial charge on any atom is -0.387 e. The molecule has 0 amide bonds. The lowest BCUT2D eigenvalue weighted by Crippen LogP contribution is -2.28. The van der Waals surface area contributed by atoms with Crippen molar-refractivity contribution in [2.45, 2.75) is 25.0 Å². The number of aliphatic hydroxyl groups is 1. The second-order valence-electron chi connectivity index (χ2n) is 3.43. The predicted octanol–water partition coefficient (Wildman–Crippen LogP) is 3.06. The Hall–Kier alpha value is 0.580. The van der Waals surface area contributed by atoms with Crippen molar-refractivity contribution >= 4 is 43.2 Å². The van der Waals surface area contributed by atoms with Crippen LogP contribution in [0.5, 0.6) is 0 Å². The molecule has 2 atom stereocenters. The number of thiophene rings is 1. The molecule has 0 bridgehead atoms. The molecule has 2 rings (SSSR count). The molecule has 0 saturated carbocycles. The van der Waals surface area contributed by atoms with Gasteiger partial charge in [-0.15, -0.1) is 11.3 Å². The molecule has 14 heavy (non-hydrogen) atoms. The summed E-state index contributed by atoms with van der Waals surface area (Å²) in [4.78, 5) is 0. The van der Waals surface area contributed by atoms with Gasteiger partial charge in [0.2, 0.25) is 0 Å². The van der Waals surface area contributed by atoms with Gasteiger partial charge in [0.05, 0.1) is 13.7 Å². The maximum atomic E-state index is 10.1. The van der Waals surface area contributed by atoms with E-state index >= 15 is 0 Å². The van der Waals surface area contributed by atoms with Crippen LogP contribution in [0.1, 0.15) is 24.5 Å². The maximum absolute atomic E-state index is 10.1. The summed E-state index contributed by atoms with van der Waals surface area (Å²) in [6, 6.07) is 2.20. The molecule has 1 saturated heterocycles. The zero-order valence-corrected chi connectivity index (χ0v) is 11.5. The van der Waals surface area contributed by atoms with Gasteiger partial charge in [-0.2, -0.15) is 0 Å². The summed E-state index contributed by atoms with van der Waals surface area (Å²) in [7, 11) is 0. The highest BCUT2D eigenvalue weighted by atomic mass is 79.9. The van der Waals surface area contributed by atoms with Crippen LogP contribution in [0, 0.1) is 0 Å². The van der Waals surface area contributed by atoms with Gasteiger partial charge in [-0.05, 0) is 57.3 Å². The third-order valence-electron chi connectivity index (χ3n) is 2.48. The van der Waals surface area contributed by atoms with E-state index in [0.29, 0.717) is 0 Å². The van der Waals surface area contributed by atoms with Crippen LogP contribution in [-0.4, -0.2) is 17.7 Å². The SMILES string of the molecule is OC(c1cc(Br)sc1Br)C1CCCN1. The quantitative estimate of drug-likeness (QED) is 0.867. The van der Waals surface area contributed by atoms with Crippen LogP contribution in [0.2, 0.25) is 0 Å². The van der Waals surface area contributed by atoms with Crippen molar-refractivity contribution in [2.24, 2.45) is 0 Å². The normalized spacial score (nSPS) is 24.1. The third kappa shape index (κ3) is 2.22. The van der Waals surface area contributed by atoms with Crippen molar-refractivity contribution in [1.29, 1.82) is 0 Å². The number of halogens is 2. The topological polar surface area (TPSA) is 32.3 Å². The summed E-state index contributed by atoms with van der Waals surface area (Å²) in [5, 5.41) is 13.4. The molecule has 1 aliphatic rings. The molecule has 2 unspecified atom stereocenters. The van der Waals surface area contributed by atoms with Crippen LogP contribution < -0.4 is 5.32 Å². The molecule has 2 nitrogen and oxygen atoms in total. The van der Waals surface area contributed by atoms with Crippen LogP contribution in [0.4, 0.5) is 0 Å². The summed E-state index contributed by atoms with van der Waals surface area (Å²) in [5.74, 6) is 0. The summed E-state index contributed by atoms with van der Waals surface area (Å²) >= 11 is 8.48. The second kappa shape index (κ2) is 4.61. The number of hydrogen-bond donors (Lipinski definition) is 2. The summed E-state index contributed by atoms with van der Waals surface area (Å²) in [5.41, 5.74) is 0.987. The molecular weight excluding hydrogens is 330 g/mol. The molecule has 2 N–H and O–H groups in total. The maximum Gasteiger partial charge on any atom is 0.0962 e. The van der Waals surface area contributed by atoms with E-state index in [1.165, 1.54) is 0 Å². The highest BCUT2D eigenvalue weighted by Gasteiger charge is 2.26. The number of hydrogen-bond acceptors (Lipinski definition) is 3. The van der Waals surface area contributed by atoms with Gasteiger partial charge in [-0.3, -0.25) is 0 Å². The van der Waals surface area contributed by atoms with E-state index in [9.17, 15) is 5.11 Å². The Kier molecular flexibility index (Phi) is 3.65. The van der Waals surface area contributed by atoms with Crippen LogP contribution >= 0.6 is 43.2 Å². The molecule has 0 spiro atoms. The van der Waals surface area contributed by atoms with Crippen molar-refractivity contribution in [2.75, 3.05) is 6.54 Å². The Bertz CT molecular complexity index is 323. The van der Waals surface area contributed by atoms with Crippen LogP contribution in [0.3, 0.4) is 0 Å². The Morgan fingerprint density at radius 1 is 1.57 bits per heavy atom. The highest BCUT2D eigenvalue weighted by molar-refractivity contribution is 9.12. The lowest BCUT2D eigenvalue weighted by atomic mass is 10.0.